The molecule has 0 bridgehead atoms. The normalized spacial score (nSPS) is 15.7. The first-order chi connectivity index (χ1) is 8.16. The second kappa shape index (κ2) is 5.21. The highest BCUT2D eigenvalue weighted by atomic mass is 16.3. The molecule has 0 saturated heterocycles. The monoisotopic (exact) mass is 233 g/mol. The summed E-state index contributed by atoms with van der Waals surface area (Å²) in [6, 6.07) is 2.92. The van der Waals surface area contributed by atoms with Gasteiger partial charge < -0.3 is 9.67 Å². The van der Waals surface area contributed by atoms with Gasteiger partial charge in [0.1, 0.15) is 5.75 Å². The van der Waals surface area contributed by atoms with Gasteiger partial charge >= 0.3 is 0 Å². The van der Waals surface area contributed by atoms with Crippen LogP contribution < -0.4 is 5.56 Å². The quantitative estimate of drug-likeness (QED) is 0.816. The van der Waals surface area contributed by atoms with E-state index in [4.69, 9.17) is 0 Å². The van der Waals surface area contributed by atoms with Crippen molar-refractivity contribution in [2.45, 2.75) is 45.6 Å². The summed E-state index contributed by atoms with van der Waals surface area (Å²) in [5, 5.41) is 9.31. The van der Waals surface area contributed by atoms with E-state index < -0.39 is 0 Å². The molecule has 0 spiro atoms. The molecule has 0 unspecified atom stereocenters. The average Bonchev–Trinajstić information content (AvgIpc) is 2.29. The van der Waals surface area contributed by atoms with Crippen LogP contribution in [0.25, 0.3) is 0 Å². The van der Waals surface area contributed by atoms with Gasteiger partial charge in [0.2, 0.25) is 0 Å². The zero-order valence-electron chi connectivity index (χ0n) is 10.3. The molecule has 1 aromatic heterocycles. The Hall–Kier alpha value is -1.51. The van der Waals surface area contributed by atoms with Gasteiger partial charge in [-0.2, -0.15) is 0 Å². The Bertz CT molecular complexity index is 485. The Kier molecular flexibility index (Phi) is 3.67. The maximum absolute atomic E-state index is 11.7. The molecule has 3 heteroatoms. The first-order valence-corrected chi connectivity index (χ1v) is 6.25. The molecular weight excluding hydrogens is 214 g/mol. The summed E-state index contributed by atoms with van der Waals surface area (Å²) in [5.74, 6) is 0.0561. The summed E-state index contributed by atoms with van der Waals surface area (Å²) in [5.41, 5.74) is 2.18. The van der Waals surface area contributed by atoms with Crippen LogP contribution >= 0.6 is 0 Å². The fourth-order valence-electron chi connectivity index (χ4n) is 2.39. The van der Waals surface area contributed by atoms with Gasteiger partial charge in [-0.3, -0.25) is 4.79 Å². The van der Waals surface area contributed by atoms with Gasteiger partial charge in [0.05, 0.1) is 0 Å². The van der Waals surface area contributed by atoms with Crippen molar-refractivity contribution < 1.29 is 5.11 Å². The molecule has 1 aliphatic rings. The van der Waals surface area contributed by atoms with Gasteiger partial charge in [-0.1, -0.05) is 11.6 Å². The van der Waals surface area contributed by atoms with Crippen molar-refractivity contribution in [3.05, 3.63) is 39.8 Å². The SMILES string of the molecule is Cc1cc(O)cc(=O)n1CCC1=CCCCC1. The lowest BCUT2D eigenvalue weighted by molar-refractivity contribution is 0.468. The molecule has 92 valence electrons. The summed E-state index contributed by atoms with van der Waals surface area (Å²) in [7, 11) is 0. The van der Waals surface area contributed by atoms with Crippen molar-refractivity contribution in [3.8, 4) is 5.75 Å². The fraction of sp³-hybridized carbons (Fsp3) is 0.500. The third-order valence-electron chi connectivity index (χ3n) is 3.36. The smallest absolute Gasteiger partial charge is 0.254 e. The van der Waals surface area contributed by atoms with Crippen LogP contribution in [-0.2, 0) is 6.54 Å². The number of aromatic hydroxyl groups is 1. The van der Waals surface area contributed by atoms with Crippen LogP contribution in [0, 0.1) is 6.92 Å². The highest BCUT2D eigenvalue weighted by Crippen LogP contribution is 2.20. The number of hydrogen-bond acceptors (Lipinski definition) is 2. The van der Waals surface area contributed by atoms with E-state index in [-0.39, 0.29) is 11.3 Å². The predicted molar refractivity (Wildman–Crippen MR) is 68.3 cm³/mol. The molecule has 1 aliphatic carbocycles. The molecule has 1 N–H and O–H groups in total. The predicted octanol–water partition coefficient (Wildman–Crippen LogP) is 2.75. The molecule has 1 heterocycles. The zero-order valence-corrected chi connectivity index (χ0v) is 10.3. The summed E-state index contributed by atoms with van der Waals surface area (Å²) < 4.78 is 1.73. The van der Waals surface area contributed by atoms with Crippen LogP contribution in [0.1, 0.15) is 37.8 Å². The topological polar surface area (TPSA) is 42.2 Å². The second-order valence-corrected chi connectivity index (χ2v) is 4.70. The molecule has 2 rings (SSSR count). The lowest BCUT2D eigenvalue weighted by Gasteiger charge is -2.14. The Balaban J connectivity index is 2.09. The molecule has 1 aromatic rings. The Morgan fingerprint density at radius 1 is 1.35 bits per heavy atom. The molecule has 3 nitrogen and oxygen atoms in total. The first kappa shape index (κ1) is 12.0. The van der Waals surface area contributed by atoms with E-state index in [0.29, 0.717) is 0 Å². The standard InChI is InChI=1S/C14H19NO2/c1-11-9-13(16)10-14(17)15(11)8-7-12-5-3-2-4-6-12/h5,9-10,16H,2-4,6-8H2,1H3. The minimum atomic E-state index is -0.112. The highest BCUT2D eigenvalue weighted by molar-refractivity contribution is 5.21. The van der Waals surface area contributed by atoms with Crippen molar-refractivity contribution in [1.29, 1.82) is 0 Å². The van der Waals surface area contributed by atoms with E-state index in [1.54, 1.807) is 10.6 Å². The van der Waals surface area contributed by atoms with Crippen molar-refractivity contribution in [2.75, 3.05) is 0 Å². The molecule has 0 fully saturated rings. The van der Waals surface area contributed by atoms with Crippen LogP contribution in [-0.4, -0.2) is 9.67 Å². The molecule has 0 radical (unpaired) electrons. The van der Waals surface area contributed by atoms with E-state index in [0.717, 1.165) is 18.7 Å². The minimum Gasteiger partial charge on any atom is -0.508 e. The summed E-state index contributed by atoms with van der Waals surface area (Å²) in [6.07, 6.45) is 8.18. The molecule has 0 atom stereocenters. The lowest BCUT2D eigenvalue weighted by atomic mass is 9.97. The number of nitrogens with zero attached hydrogens (tertiary/aromatic N) is 1. The Morgan fingerprint density at radius 3 is 2.82 bits per heavy atom. The van der Waals surface area contributed by atoms with Gasteiger partial charge in [-0.25, -0.2) is 0 Å². The molecule has 0 aromatic carbocycles. The van der Waals surface area contributed by atoms with Crippen LogP contribution in [0.3, 0.4) is 0 Å². The van der Waals surface area contributed by atoms with Gasteiger partial charge in [0, 0.05) is 18.3 Å². The maximum Gasteiger partial charge on any atom is 0.254 e. The van der Waals surface area contributed by atoms with Gasteiger partial charge in [0.15, 0.2) is 0 Å². The summed E-state index contributed by atoms with van der Waals surface area (Å²) >= 11 is 0. The van der Waals surface area contributed by atoms with E-state index >= 15 is 0 Å². The Labute approximate surface area is 101 Å². The lowest BCUT2D eigenvalue weighted by Crippen LogP contribution is -2.21. The Morgan fingerprint density at radius 2 is 2.18 bits per heavy atom. The van der Waals surface area contributed by atoms with Crippen LogP contribution in [0.4, 0.5) is 0 Å². The third-order valence-corrected chi connectivity index (χ3v) is 3.36. The van der Waals surface area contributed by atoms with Gasteiger partial charge in [0.25, 0.3) is 5.56 Å². The summed E-state index contributed by atoms with van der Waals surface area (Å²) in [4.78, 5) is 11.7. The minimum absolute atomic E-state index is 0.0561. The maximum atomic E-state index is 11.7. The highest BCUT2D eigenvalue weighted by Gasteiger charge is 2.06. The molecular formula is C14H19NO2. The molecule has 0 aliphatic heterocycles. The molecule has 17 heavy (non-hydrogen) atoms. The number of allylic oxidation sites excluding steroid dienone is 2. The number of rotatable bonds is 3. The number of hydrogen-bond donors (Lipinski definition) is 1. The van der Waals surface area contributed by atoms with Crippen molar-refractivity contribution in [3.63, 3.8) is 0 Å². The molecule has 0 saturated carbocycles. The van der Waals surface area contributed by atoms with Crippen LogP contribution in [0.2, 0.25) is 0 Å². The number of pyridine rings is 1. The van der Waals surface area contributed by atoms with E-state index in [1.807, 2.05) is 6.92 Å². The van der Waals surface area contributed by atoms with E-state index in [1.165, 1.54) is 37.3 Å². The zero-order chi connectivity index (χ0) is 12.3. The second-order valence-electron chi connectivity index (χ2n) is 4.70. The molecule has 0 amide bonds. The first-order valence-electron chi connectivity index (χ1n) is 6.25. The van der Waals surface area contributed by atoms with E-state index in [9.17, 15) is 9.90 Å². The van der Waals surface area contributed by atoms with E-state index in [2.05, 4.69) is 6.08 Å². The number of aromatic nitrogens is 1. The van der Waals surface area contributed by atoms with Crippen LogP contribution in [0.5, 0.6) is 5.75 Å². The fourth-order valence-corrected chi connectivity index (χ4v) is 2.39. The van der Waals surface area contributed by atoms with Crippen molar-refractivity contribution in [1.82, 2.24) is 4.57 Å². The third kappa shape index (κ3) is 2.99. The summed E-state index contributed by atoms with van der Waals surface area (Å²) in [6.45, 7) is 2.58. The van der Waals surface area contributed by atoms with Gasteiger partial charge in [-0.05, 0) is 45.1 Å². The van der Waals surface area contributed by atoms with Crippen molar-refractivity contribution in [2.24, 2.45) is 0 Å². The van der Waals surface area contributed by atoms with Crippen LogP contribution in [0.15, 0.2) is 28.6 Å². The van der Waals surface area contributed by atoms with Gasteiger partial charge in [-0.15, -0.1) is 0 Å². The number of aryl methyl sites for hydroxylation is 1. The largest absolute Gasteiger partial charge is 0.508 e. The average molecular weight is 233 g/mol. The van der Waals surface area contributed by atoms with Crippen molar-refractivity contribution >= 4 is 0 Å².